The number of sulfone groups is 1. The molecule has 1 heterocycles. The van der Waals surface area contributed by atoms with Crippen molar-refractivity contribution in [1.82, 2.24) is 4.98 Å². The summed E-state index contributed by atoms with van der Waals surface area (Å²) in [7, 11) is -3.69. The molecular weight excluding hydrogens is 284 g/mol. The van der Waals surface area contributed by atoms with Crippen molar-refractivity contribution in [2.75, 3.05) is 5.88 Å². The largest absolute Gasteiger partial charge is 0.235 e. The van der Waals surface area contributed by atoms with Crippen LogP contribution in [0.3, 0.4) is 0 Å². The molecule has 4 nitrogen and oxygen atoms in total. The molecule has 2 aromatic rings. The number of alkyl halides is 1. The number of aromatic nitrogens is 1. The minimum Gasteiger partial charge on any atom is -0.235 e. The lowest BCUT2D eigenvalue weighted by atomic mass is 10.2. The van der Waals surface area contributed by atoms with Crippen LogP contribution in [0.1, 0.15) is 12.5 Å². The quantitative estimate of drug-likeness (QED) is 0.816. The van der Waals surface area contributed by atoms with E-state index < -0.39 is 15.1 Å². The van der Waals surface area contributed by atoms with Gasteiger partial charge < -0.3 is 0 Å². The molecule has 0 aliphatic heterocycles. The maximum absolute atomic E-state index is 12.3. The zero-order chi connectivity index (χ0) is 14.0. The number of rotatable bonds is 3. The Kier molecular flexibility index (Phi) is 3.74. The second-order valence-electron chi connectivity index (χ2n) is 4.16. The number of hydrogen-bond acceptors (Lipinski definition) is 4. The Morgan fingerprint density at radius 3 is 2.74 bits per heavy atom. The number of pyridine rings is 1. The molecular formula is C13H11ClN2O2S. The summed E-state index contributed by atoms with van der Waals surface area (Å²) in [6.07, 6.45) is 0. The van der Waals surface area contributed by atoms with Gasteiger partial charge in [0.25, 0.3) is 0 Å². The van der Waals surface area contributed by atoms with Crippen molar-refractivity contribution in [3.63, 3.8) is 0 Å². The number of fused-ring (bicyclic) bond motifs is 1. The van der Waals surface area contributed by atoms with Gasteiger partial charge in [0, 0.05) is 11.3 Å². The summed E-state index contributed by atoms with van der Waals surface area (Å²) in [5, 5.41) is 8.87. The fourth-order valence-corrected chi connectivity index (χ4v) is 3.35. The van der Waals surface area contributed by atoms with E-state index in [1.807, 2.05) is 6.07 Å². The first-order valence-electron chi connectivity index (χ1n) is 5.60. The molecule has 0 aliphatic rings. The highest BCUT2D eigenvalue weighted by Gasteiger charge is 2.27. The van der Waals surface area contributed by atoms with Crippen LogP contribution in [0, 0.1) is 11.3 Å². The maximum atomic E-state index is 12.3. The second-order valence-corrected chi connectivity index (χ2v) is 6.75. The molecule has 2 rings (SSSR count). The standard InChI is InChI=1S/C13H11ClN2O2S/c1-9(7-14)19(17,18)13-11(8-15)6-10-4-2-3-5-12(10)16-13/h2-6,9H,7H2,1H3. The van der Waals surface area contributed by atoms with Crippen LogP contribution in [0.4, 0.5) is 0 Å². The van der Waals surface area contributed by atoms with Crippen LogP contribution in [-0.4, -0.2) is 24.5 Å². The lowest BCUT2D eigenvalue weighted by Gasteiger charge is -2.11. The van der Waals surface area contributed by atoms with Gasteiger partial charge in [0.05, 0.1) is 16.3 Å². The molecule has 0 fully saturated rings. The fourth-order valence-electron chi connectivity index (χ4n) is 1.67. The van der Waals surface area contributed by atoms with Crippen molar-refractivity contribution >= 4 is 32.3 Å². The second kappa shape index (κ2) is 5.16. The molecule has 98 valence electrons. The zero-order valence-corrected chi connectivity index (χ0v) is 11.7. The molecule has 1 unspecified atom stereocenters. The van der Waals surface area contributed by atoms with Crippen LogP contribution in [0.25, 0.3) is 10.9 Å². The predicted molar refractivity (Wildman–Crippen MR) is 73.8 cm³/mol. The van der Waals surface area contributed by atoms with Crippen molar-refractivity contribution in [1.29, 1.82) is 5.26 Å². The van der Waals surface area contributed by atoms with E-state index in [9.17, 15) is 8.42 Å². The highest BCUT2D eigenvalue weighted by molar-refractivity contribution is 7.92. The first kappa shape index (κ1) is 13.8. The third-order valence-corrected chi connectivity index (χ3v) is 5.55. The van der Waals surface area contributed by atoms with Gasteiger partial charge >= 0.3 is 0 Å². The van der Waals surface area contributed by atoms with E-state index in [-0.39, 0.29) is 16.5 Å². The highest BCUT2D eigenvalue weighted by Crippen LogP contribution is 2.23. The number of halogens is 1. The SMILES string of the molecule is CC(CCl)S(=O)(=O)c1nc2ccccc2cc1C#N. The van der Waals surface area contributed by atoms with Crippen LogP contribution in [0.15, 0.2) is 35.4 Å². The lowest BCUT2D eigenvalue weighted by molar-refractivity contribution is 0.584. The lowest BCUT2D eigenvalue weighted by Crippen LogP contribution is -2.21. The number of nitrogens with zero attached hydrogens (tertiary/aromatic N) is 2. The Morgan fingerprint density at radius 2 is 2.11 bits per heavy atom. The van der Waals surface area contributed by atoms with E-state index in [0.717, 1.165) is 5.39 Å². The summed E-state index contributed by atoms with van der Waals surface area (Å²) in [5.41, 5.74) is 0.595. The molecule has 0 radical (unpaired) electrons. The van der Waals surface area contributed by atoms with E-state index in [1.165, 1.54) is 13.0 Å². The van der Waals surface area contributed by atoms with Gasteiger partial charge in [0.2, 0.25) is 9.84 Å². The summed E-state index contributed by atoms with van der Waals surface area (Å²) in [5.74, 6) is -0.0400. The molecule has 0 aliphatic carbocycles. The Morgan fingerprint density at radius 1 is 1.42 bits per heavy atom. The summed E-state index contributed by atoms with van der Waals surface area (Å²) < 4.78 is 24.6. The van der Waals surface area contributed by atoms with E-state index in [2.05, 4.69) is 4.98 Å². The van der Waals surface area contributed by atoms with Crippen molar-refractivity contribution in [3.8, 4) is 6.07 Å². The van der Waals surface area contributed by atoms with Gasteiger partial charge in [-0.15, -0.1) is 11.6 Å². The van der Waals surface area contributed by atoms with Crippen molar-refractivity contribution in [3.05, 3.63) is 35.9 Å². The molecule has 0 spiro atoms. The Hall–Kier alpha value is -1.64. The molecule has 0 saturated heterocycles. The molecule has 1 aromatic carbocycles. The molecule has 19 heavy (non-hydrogen) atoms. The predicted octanol–water partition coefficient (Wildman–Crippen LogP) is 2.51. The average molecular weight is 295 g/mol. The normalized spacial score (nSPS) is 13.1. The van der Waals surface area contributed by atoms with Crippen LogP contribution in [0.2, 0.25) is 0 Å². The molecule has 0 amide bonds. The van der Waals surface area contributed by atoms with Gasteiger partial charge in [-0.05, 0) is 19.1 Å². The van der Waals surface area contributed by atoms with Crippen LogP contribution in [-0.2, 0) is 9.84 Å². The van der Waals surface area contributed by atoms with E-state index in [4.69, 9.17) is 16.9 Å². The molecule has 0 N–H and O–H groups in total. The van der Waals surface area contributed by atoms with Crippen LogP contribution in [0.5, 0.6) is 0 Å². The first-order valence-corrected chi connectivity index (χ1v) is 7.68. The third-order valence-electron chi connectivity index (χ3n) is 2.83. The number of benzene rings is 1. The van der Waals surface area contributed by atoms with Crippen LogP contribution >= 0.6 is 11.6 Å². The molecule has 0 saturated carbocycles. The maximum Gasteiger partial charge on any atom is 0.200 e. The summed E-state index contributed by atoms with van der Waals surface area (Å²) in [6.45, 7) is 1.50. The van der Waals surface area contributed by atoms with Crippen molar-refractivity contribution in [2.24, 2.45) is 0 Å². The molecule has 1 atom stereocenters. The number of hydrogen-bond donors (Lipinski definition) is 0. The van der Waals surface area contributed by atoms with Crippen LogP contribution < -0.4 is 0 Å². The number of nitriles is 1. The summed E-state index contributed by atoms with van der Waals surface area (Å²) in [6, 6.07) is 10.5. The summed E-state index contributed by atoms with van der Waals surface area (Å²) in [4.78, 5) is 4.12. The Balaban J connectivity index is 2.77. The van der Waals surface area contributed by atoms with Crippen molar-refractivity contribution < 1.29 is 8.42 Å². The molecule has 0 bridgehead atoms. The van der Waals surface area contributed by atoms with E-state index in [0.29, 0.717) is 5.52 Å². The topological polar surface area (TPSA) is 70.8 Å². The summed E-state index contributed by atoms with van der Waals surface area (Å²) >= 11 is 5.61. The monoisotopic (exact) mass is 294 g/mol. The van der Waals surface area contributed by atoms with Gasteiger partial charge in [-0.3, -0.25) is 0 Å². The fraction of sp³-hybridized carbons (Fsp3) is 0.231. The first-order chi connectivity index (χ1) is 9.00. The highest BCUT2D eigenvalue weighted by atomic mass is 35.5. The average Bonchev–Trinajstić information content (AvgIpc) is 2.44. The molecule has 1 aromatic heterocycles. The zero-order valence-electron chi connectivity index (χ0n) is 10.2. The smallest absolute Gasteiger partial charge is 0.200 e. The Labute approximate surface area is 116 Å². The Bertz CT molecular complexity index is 766. The van der Waals surface area contributed by atoms with Gasteiger partial charge in [0.15, 0.2) is 5.03 Å². The van der Waals surface area contributed by atoms with Crippen molar-refractivity contribution in [2.45, 2.75) is 17.2 Å². The third kappa shape index (κ3) is 2.42. The molecule has 6 heteroatoms. The van der Waals surface area contributed by atoms with Gasteiger partial charge in [-0.1, -0.05) is 18.2 Å². The minimum atomic E-state index is -3.69. The number of para-hydroxylation sites is 1. The van der Waals surface area contributed by atoms with E-state index >= 15 is 0 Å². The van der Waals surface area contributed by atoms with Gasteiger partial charge in [0.1, 0.15) is 6.07 Å². The minimum absolute atomic E-state index is 0.0400. The van der Waals surface area contributed by atoms with Gasteiger partial charge in [-0.25, -0.2) is 13.4 Å². The van der Waals surface area contributed by atoms with Gasteiger partial charge in [-0.2, -0.15) is 5.26 Å². The van der Waals surface area contributed by atoms with E-state index in [1.54, 1.807) is 24.3 Å².